The SMILES string of the molecule is CCNCc1sc(COc2cccc(C)c2C)nc1C. The second-order valence-corrected chi connectivity index (χ2v) is 6.05. The van der Waals surface area contributed by atoms with Crippen LogP contribution in [0.1, 0.15) is 33.6 Å². The van der Waals surface area contributed by atoms with Gasteiger partial charge < -0.3 is 10.1 Å². The molecule has 0 aliphatic heterocycles. The van der Waals surface area contributed by atoms with E-state index in [1.54, 1.807) is 11.3 Å². The van der Waals surface area contributed by atoms with Gasteiger partial charge in [-0.05, 0) is 44.5 Å². The van der Waals surface area contributed by atoms with Crippen LogP contribution in [0.5, 0.6) is 5.75 Å². The fourth-order valence-electron chi connectivity index (χ4n) is 1.97. The second kappa shape index (κ2) is 6.86. The number of thiazole rings is 1. The van der Waals surface area contributed by atoms with Gasteiger partial charge in [0.2, 0.25) is 0 Å². The number of hydrogen-bond acceptors (Lipinski definition) is 4. The molecule has 1 heterocycles. The van der Waals surface area contributed by atoms with Gasteiger partial charge in [0.25, 0.3) is 0 Å². The van der Waals surface area contributed by atoms with Crippen LogP contribution in [0.25, 0.3) is 0 Å². The number of rotatable bonds is 6. The number of aromatic nitrogens is 1. The Morgan fingerprint density at radius 3 is 2.80 bits per heavy atom. The van der Waals surface area contributed by atoms with E-state index in [0.29, 0.717) is 6.61 Å². The Morgan fingerprint density at radius 2 is 2.05 bits per heavy atom. The van der Waals surface area contributed by atoms with Crippen molar-refractivity contribution in [2.45, 2.75) is 40.8 Å². The van der Waals surface area contributed by atoms with E-state index in [0.717, 1.165) is 29.5 Å². The highest BCUT2D eigenvalue weighted by molar-refractivity contribution is 7.11. The Kier molecular flexibility index (Phi) is 5.15. The first kappa shape index (κ1) is 15.0. The van der Waals surface area contributed by atoms with Crippen LogP contribution < -0.4 is 10.1 Å². The first-order valence-corrected chi connectivity index (χ1v) is 7.78. The Balaban J connectivity index is 2.02. The van der Waals surface area contributed by atoms with Crippen molar-refractivity contribution >= 4 is 11.3 Å². The molecule has 0 amide bonds. The van der Waals surface area contributed by atoms with Crippen molar-refractivity contribution in [1.82, 2.24) is 10.3 Å². The highest BCUT2D eigenvalue weighted by Gasteiger charge is 2.09. The molecule has 20 heavy (non-hydrogen) atoms. The van der Waals surface area contributed by atoms with Crippen LogP contribution in [-0.2, 0) is 13.2 Å². The number of nitrogens with zero attached hydrogens (tertiary/aromatic N) is 1. The maximum Gasteiger partial charge on any atom is 0.140 e. The third-order valence-corrected chi connectivity index (χ3v) is 4.51. The first-order chi connectivity index (χ1) is 9.61. The van der Waals surface area contributed by atoms with E-state index in [1.807, 2.05) is 12.1 Å². The van der Waals surface area contributed by atoms with Crippen molar-refractivity contribution < 1.29 is 4.74 Å². The van der Waals surface area contributed by atoms with Crippen LogP contribution in [0, 0.1) is 20.8 Å². The fourth-order valence-corrected chi connectivity index (χ4v) is 2.93. The highest BCUT2D eigenvalue weighted by Crippen LogP contribution is 2.24. The molecule has 1 aromatic carbocycles. The summed E-state index contributed by atoms with van der Waals surface area (Å²) in [6.45, 7) is 10.8. The molecular weight excluding hydrogens is 268 g/mol. The Morgan fingerprint density at radius 1 is 1.25 bits per heavy atom. The third kappa shape index (κ3) is 3.58. The van der Waals surface area contributed by atoms with Crippen molar-refractivity contribution in [2.24, 2.45) is 0 Å². The molecule has 3 nitrogen and oxygen atoms in total. The monoisotopic (exact) mass is 290 g/mol. The summed E-state index contributed by atoms with van der Waals surface area (Å²) in [5.41, 5.74) is 3.56. The molecule has 4 heteroatoms. The molecule has 2 aromatic rings. The summed E-state index contributed by atoms with van der Waals surface area (Å²) in [5, 5.41) is 4.38. The lowest BCUT2D eigenvalue weighted by atomic mass is 10.1. The number of ether oxygens (including phenoxy) is 1. The van der Waals surface area contributed by atoms with Gasteiger partial charge in [0, 0.05) is 11.4 Å². The quantitative estimate of drug-likeness (QED) is 0.879. The molecule has 1 N–H and O–H groups in total. The number of aryl methyl sites for hydroxylation is 2. The lowest BCUT2D eigenvalue weighted by Gasteiger charge is -2.09. The standard InChI is InChI=1S/C16H22N2OS/c1-5-17-9-15-13(4)18-16(20-15)10-19-14-8-6-7-11(2)12(14)3/h6-8,17H,5,9-10H2,1-4H3. The van der Waals surface area contributed by atoms with Gasteiger partial charge in [-0.15, -0.1) is 11.3 Å². The van der Waals surface area contributed by atoms with Crippen molar-refractivity contribution in [3.05, 3.63) is 44.9 Å². The van der Waals surface area contributed by atoms with Crippen molar-refractivity contribution in [2.75, 3.05) is 6.54 Å². The molecule has 0 aliphatic carbocycles. The number of hydrogen-bond donors (Lipinski definition) is 1. The van der Waals surface area contributed by atoms with Crippen molar-refractivity contribution in [1.29, 1.82) is 0 Å². The molecule has 0 atom stereocenters. The van der Waals surface area contributed by atoms with Gasteiger partial charge >= 0.3 is 0 Å². The van der Waals surface area contributed by atoms with Gasteiger partial charge in [-0.25, -0.2) is 4.98 Å². The Labute approximate surface area is 125 Å². The minimum atomic E-state index is 0.544. The van der Waals surface area contributed by atoms with Gasteiger partial charge in [0.05, 0.1) is 5.69 Å². The Hall–Kier alpha value is -1.39. The summed E-state index contributed by atoms with van der Waals surface area (Å²) in [7, 11) is 0. The summed E-state index contributed by atoms with van der Waals surface area (Å²) >= 11 is 1.73. The van der Waals surface area contributed by atoms with Crippen LogP contribution in [0.15, 0.2) is 18.2 Å². The fraction of sp³-hybridized carbons (Fsp3) is 0.438. The number of nitrogens with one attached hydrogen (secondary N) is 1. The zero-order valence-electron chi connectivity index (χ0n) is 12.6. The van der Waals surface area contributed by atoms with Crippen LogP contribution in [0.3, 0.4) is 0 Å². The summed E-state index contributed by atoms with van der Waals surface area (Å²) in [6.07, 6.45) is 0. The predicted molar refractivity (Wildman–Crippen MR) is 84.5 cm³/mol. The third-order valence-electron chi connectivity index (χ3n) is 3.38. The largest absolute Gasteiger partial charge is 0.486 e. The lowest BCUT2D eigenvalue weighted by Crippen LogP contribution is -2.11. The summed E-state index contributed by atoms with van der Waals surface area (Å²) < 4.78 is 5.90. The minimum Gasteiger partial charge on any atom is -0.486 e. The number of benzene rings is 1. The highest BCUT2D eigenvalue weighted by atomic mass is 32.1. The van der Waals surface area contributed by atoms with Gasteiger partial charge in [0.15, 0.2) is 0 Å². The van der Waals surface area contributed by atoms with E-state index in [2.05, 4.69) is 44.1 Å². The van der Waals surface area contributed by atoms with Crippen LogP contribution in [0.4, 0.5) is 0 Å². The first-order valence-electron chi connectivity index (χ1n) is 6.96. The molecule has 108 valence electrons. The van der Waals surface area contributed by atoms with Crippen molar-refractivity contribution in [3.8, 4) is 5.75 Å². The molecule has 0 radical (unpaired) electrons. The van der Waals surface area contributed by atoms with Crippen LogP contribution >= 0.6 is 11.3 Å². The van der Waals surface area contributed by atoms with E-state index in [-0.39, 0.29) is 0 Å². The average molecular weight is 290 g/mol. The molecule has 0 saturated carbocycles. The smallest absolute Gasteiger partial charge is 0.140 e. The molecule has 0 unspecified atom stereocenters. The van der Waals surface area contributed by atoms with Crippen LogP contribution in [0.2, 0.25) is 0 Å². The molecule has 0 spiro atoms. The van der Waals surface area contributed by atoms with E-state index in [4.69, 9.17) is 4.74 Å². The molecule has 2 rings (SSSR count). The molecule has 0 aliphatic rings. The molecule has 1 aromatic heterocycles. The van der Waals surface area contributed by atoms with Gasteiger partial charge in [-0.1, -0.05) is 19.1 Å². The second-order valence-electron chi connectivity index (χ2n) is 4.88. The van der Waals surface area contributed by atoms with Gasteiger partial charge in [0.1, 0.15) is 17.4 Å². The summed E-state index contributed by atoms with van der Waals surface area (Å²) in [6, 6.07) is 6.15. The van der Waals surface area contributed by atoms with Crippen molar-refractivity contribution in [3.63, 3.8) is 0 Å². The zero-order chi connectivity index (χ0) is 14.5. The molecule has 0 bridgehead atoms. The zero-order valence-corrected chi connectivity index (χ0v) is 13.4. The lowest BCUT2D eigenvalue weighted by molar-refractivity contribution is 0.303. The molecule has 0 fully saturated rings. The van der Waals surface area contributed by atoms with E-state index in [9.17, 15) is 0 Å². The minimum absolute atomic E-state index is 0.544. The van der Waals surface area contributed by atoms with Crippen LogP contribution in [-0.4, -0.2) is 11.5 Å². The Bertz CT molecular complexity index is 578. The maximum atomic E-state index is 5.90. The maximum absolute atomic E-state index is 5.90. The van der Waals surface area contributed by atoms with E-state index in [1.165, 1.54) is 16.0 Å². The van der Waals surface area contributed by atoms with E-state index >= 15 is 0 Å². The summed E-state index contributed by atoms with van der Waals surface area (Å²) in [4.78, 5) is 5.88. The molecule has 0 saturated heterocycles. The normalized spacial score (nSPS) is 10.8. The molecular formula is C16H22N2OS. The topological polar surface area (TPSA) is 34.1 Å². The summed E-state index contributed by atoms with van der Waals surface area (Å²) in [5.74, 6) is 0.950. The average Bonchev–Trinajstić information content (AvgIpc) is 2.78. The van der Waals surface area contributed by atoms with Gasteiger partial charge in [-0.2, -0.15) is 0 Å². The van der Waals surface area contributed by atoms with E-state index < -0.39 is 0 Å². The predicted octanol–water partition coefficient (Wildman–Crippen LogP) is 3.76. The van der Waals surface area contributed by atoms with Gasteiger partial charge in [-0.3, -0.25) is 0 Å².